The molecule has 0 atom stereocenters. The van der Waals surface area contributed by atoms with Gasteiger partial charge in [-0.2, -0.15) is 4.31 Å². The van der Waals surface area contributed by atoms with Crippen molar-refractivity contribution in [3.63, 3.8) is 0 Å². The molecule has 1 fully saturated rings. The first-order valence-corrected chi connectivity index (χ1v) is 9.68. The molecular weight excluding hydrogens is 352 g/mol. The lowest BCUT2D eigenvalue weighted by Crippen LogP contribution is -2.36. The SMILES string of the molecule is C=C(NNC(=O)c1cccc(S(=O)(=O)N2CCCC2)c1)c1cccnc1. The van der Waals surface area contributed by atoms with Gasteiger partial charge in [0.1, 0.15) is 0 Å². The van der Waals surface area contributed by atoms with E-state index >= 15 is 0 Å². The molecule has 0 unspecified atom stereocenters. The highest BCUT2D eigenvalue weighted by Crippen LogP contribution is 2.21. The van der Waals surface area contributed by atoms with Crippen LogP contribution in [0.15, 0.2) is 60.3 Å². The van der Waals surface area contributed by atoms with Gasteiger partial charge in [-0.1, -0.05) is 12.6 Å². The second-order valence-electron chi connectivity index (χ2n) is 5.94. The lowest BCUT2D eigenvalue weighted by atomic mass is 10.2. The number of rotatable bonds is 6. The topological polar surface area (TPSA) is 91.4 Å². The molecule has 2 aromatic rings. The number of pyridine rings is 1. The Bertz CT molecular complexity index is 907. The molecule has 1 aromatic heterocycles. The zero-order chi connectivity index (χ0) is 18.6. The number of nitrogens with zero attached hydrogens (tertiary/aromatic N) is 2. The molecular formula is C18H20N4O3S. The maximum absolute atomic E-state index is 12.6. The number of hydrazine groups is 1. The van der Waals surface area contributed by atoms with Gasteiger partial charge in [0.25, 0.3) is 5.91 Å². The quantitative estimate of drug-likeness (QED) is 0.754. The van der Waals surface area contributed by atoms with Gasteiger partial charge in [0, 0.05) is 36.6 Å². The van der Waals surface area contributed by atoms with Crippen molar-refractivity contribution in [1.29, 1.82) is 0 Å². The summed E-state index contributed by atoms with van der Waals surface area (Å²) in [5.74, 6) is -0.450. The Morgan fingerprint density at radius 1 is 1.08 bits per heavy atom. The van der Waals surface area contributed by atoms with Crippen molar-refractivity contribution in [3.8, 4) is 0 Å². The Morgan fingerprint density at radius 2 is 1.81 bits per heavy atom. The van der Waals surface area contributed by atoms with Crippen molar-refractivity contribution in [2.45, 2.75) is 17.7 Å². The number of amides is 1. The number of aromatic nitrogens is 1. The van der Waals surface area contributed by atoms with Gasteiger partial charge in [-0.3, -0.25) is 20.6 Å². The summed E-state index contributed by atoms with van der Waals surface area (Å²) in [6.45, 7) is 4.87. The van der Waals surface area contributed by atoms with Crippen molar-refractivity contribution in [1.82, 2.24) is 20.1 Å². The second-order valence-corrected chi connectivity index (χ2v) is 7.88. The molecule has 0 radical (unpaired) electrons. The minimum atomic E-state index is -3.56. The van der Waals surface area contributed by atoms with Crippen molar-refractivity contribution >= 4 is 21.6 Å². The van der Waals surface area contributed by atoms with Crippen molar-refractivity contribution < 1.29 is 13.2 Å². The number of carbonyl (C=O) groups excluding carboxylic acids is 1. The van der Waals surface area contributed by atoms with Crippen LogP contribution in [0.5, 0.6) is 0 Å². The molecule has 2 heterocycles. The van der Waals surface area contributed by atoms with Crippen LogP contribution in [-0.2, 0) is 10.0 Å². The van der Waals surface area contributed by atoms with Gasteiger partial charge >= 0.3 is 0 Å². The third-order valence-electron chi connectivity index (χ3n) is 4.14. The zero-order valence-electron chi connectivity index (χ0n) is 14.2. The maximum Gasteiger partial charge on any atom is 0.269 e. The summed E-state index contributed by atoms with van der Waals surface area (Å²) >= 11 is 0. The van der Waals surface area contributed by atoms with Crippen LogP contribution < -0.4 is 10.9 Å². The Balaban J connectivity index is 1.69. The zero-order valence-corrected chi connectivity index (χ0v) is 15.0. The van der Waals surface area contributed by atoms with Crippen LogP contribution in [0.4, 0.5) is 0 Å². The molecule has 8 heteroatoms. The van der Waals surface area contributed by atoms with Gasteiger partial charge in [-0.25, -0.2) is 8.42 Å². The van der Waals surface area contributed by atoms with Crippen molar-refractivity contribution in [2.75, 3.05) is 13.1 Å². The van der Waals surface area contributed by atoms with E-state index < -0.39 is 15.9 Å². The summed E-state index contributed by atoms with van der Waals surface area (Å²) in [7, 11) is -3.56. The number of hydrogen-bond donors (Lipinski definition) is 2. The fraction of sp³-hybridized carbons (Fsp3) is 0.222. The summed E-state index contributed by atoms with van der Waals surface area (Å²) in [5.41, 5.74) is 6.70. The molecule has 1 aliphatic rings. The van der Waals surface area contributed by atoms with E-state index in [1.54, 1.807) is 36.7 Å². The lowest BCUT2D eigenvalue weighted by Gasteiger charge is -2.16. The van der Waals surface area contributed by atoms with Crippen molar-refractivity contribution in [3.05, 3.63) is 66.5 Å². The minimum Gasteiger partial charge on any atom is -0.298 e. The fourth-order valence-corrected chi connectivity index (χ4v) is 4.26. The van der Waals surface area contributed by atoms with E-state index in [4.69, 9.17) is 0 Å². The maximum atomic E-state index is 12.6. The Kier molecular flexibility index (Phi) is 5.34. The summed E-state index contributed by atoms with van der Waals surface area (Å²) in [6, 6.07) is 9.58. The van der Waals surface area contributed by atoms with Crippen LogP contribution in [0, 0.1) is 0 Å². The highest BCUT2D eigenvalue weighted by atomic mass is 32.2. The third-order valence-corrected chi connectivity index (χ3v) is 6.03. The number of hydrogen-bond acceptors (Lipinski definition) is 5. The Hall–Kier alpha value is -2.71. The predicted octanol–water partition coefficient (Wildman–Crippen LogP) is 1.77. The van der Waals surface area contributed by atoms with Gasteiger partial charge < -0.3 is 0 Å². The van der Waals surface area contributed by atoms with E-state index in [9.17, 15) is 13.2 Å². The Morgan fingerprint density at radius 3 is 2.50 bits per heavy atom. The van der Waals surface area contributed by atoms with E-state index in [-0.39, 0.29) is 10.5 Å². The first kappa shape index (κ1) is 18.1. The smallest absolute Gasteiger partial charge is 0.269 e. The summed E-state index contributed by atoms with van der Waals surface area (Å²) < 4.78 is 26.7. The lowest BCUT2D eigenvalue weighted by molar-refractivity contribution is 0.0942. The van der Waals surface area contributed by atoms with Crippen LogP contribution in [0.3, 0.4) is 0 Å². The van der Waals surface area contributed by atoms with Gasteiger partial charge in [0.05, 0.1) is 10.6 Å². The van der Waals surface area contributed by atoms with E-state index in [1.807, 2.05) is 0 Å². The first-order chi connectivity index (χ1) is 12.5. The molecule has 0 spiro atoms. The summed E-state index contributed by atoms with van der Waals surface area (Å²) in [4.78, 5) is 16.4. The van der Waals surface area contributed by atoms with E-state index in [0.717, 1.165) is 18.4 Å². The molecule has 0 aliphatic carbocycles. The largest absolute Gasteiger partial charge is 0.298 e. The highest BCUT2D eigenvalue weighted by Gasteiger charge is 2.27. The van der Waals surface area contributed by atoms with Crippen LogP contribution in [-0.4, -0.2) is 36.7 Å². The molecule has 1 aliphatic heterocycles. The highest BCUT2D eigenvalue weighted by molar-refractivity contribution is 7.89. The van der Waals surface area contributed by atoms with Crippen LogP contribution >= 0.6 is 0 Å². The molecule has 0 saturated carbocycles. The number of nitrogens with one attached hydrogen (secondary N) is 2. The van der Waals surface area contributed by atoms with E-state index in [1.165, 1.54) is 16.4 Å². The third kappa shape index (κ3) is 3.92. The normalized spacial score (nSPS) is 14.8. The molecule has 0 bridgehead atoms. The first-order valence-electron chi connectivity index (χ1n) is 8.24. The Labute approximate surface area is 152 Å². The van der Waals surface area contributed by atoms with Crippen LogP contribution in [0.25, 0.3) is 5.70 Å². The molecule has 136 valence electrons. The van der Waals surface area contributed by atoms with Gasteiger partial charge in [-0.15, -0.1) is 0 Å². The van der Waals surface area contributed by atoms with Gasteiger partial charge in [0.2, 0.25) is 10.0 Å². The minimum absolute atomic E-state index is 0.123. The summed E-state index contributed by atoms with van der Waals surface area (Å²) in [6.07, 6.45) is 4.98. The number of benzene rings is 1. The predicted molar refractivity (Wildman–Crippen MR) is 98.3 cm³/mol. The molecule has 1 amide bonds. The molecule has 7 nitrogen and oxygen atoms in total. The molecule has 1 saturated heterocycles. The van der Waals surface area contributed by atoms with Crippen molar-refractivity contribution in [2.24, 2.45) is 0 Å². The van der Waals surface area contributed by atoms with Crippen LogP contribution in [0.1, 0.15) is 28.8 Å². The van der Waals surface area contributed by atoms with Crippen LogP contribution in [0.2, 0.25) is 0 Å². The average molecular weight is 372 g/mol. The second kappa shape index (κ2) is 7.67. The van der Waals surface area contributed by atoms with E-state index in [0.29, 0.717) is 18.8 Å². The molecule has 3 rings (SSSR count). The van der Waals surface area contributed by atoms with E-state index in [2.05, 4.69) is 22.4 Å². The van der Waals surface area contributed by atoms with Gasteiger partial charge in [0.15, 0.2) is 0 Å². The molecule has 26 heavy (non-hydrogen) atoms. The summed E-state index contributed by atoms with van der Waals surface area (Å²) in [5, 5.41) is 0. The molecule has 1 aromatic carbocycles. The van der Waals surface area contributed by atoms with Gasteiger partial charge in [-0.05, 0) is 43.2 Å². The standard InChI is InChI=1S/C18H20N4O3S/c1-14(16-7-5-9-19-13-16)20-21-18(23)15-6-4-8-17(12-15)26(24,25)22-10-2-3-11-22/h4-9,12-13,20H,1-3,10-11H2,(H,21,23). The number of carbonyl (C=O) groups is 1. The average Bonchev–Trinajstić information content (AvgIpc) is 3.22. The molecule has 2 N–H and O–H groups in total. The monoisotopic (exact) mass is 372 g/mol. The number of sulfonamides is 1. The fourth-order valence-electron chi connectivity index (χ4n) is 2.69.